The molecule has 0 saturated carbocycles. The van der Waals surface area contributed by atoms with Crippen LogP contribution in [0.4, 0.5) is 0 Å². The molecule has 0 aromatic rings. The lowest BCUT2D eigenvalue weighted by Crippen LogP contribution is -2.16. The highest BCUT2D eigenvalue weighted by Gasteiger charge is 2.10. The Hall–Kier alpha value is -1.12. The Balaban J connectivity index is 4.82. The number of rotatable bonds is 6. The van der Waals surface area contributed by atoms with E-state index in [0.29, 0.717) is 0 Å². The minimum atomic E-state index is -0.814. The summed E-state index contributed by atoms with van der Waals surface area (Å²) in [5, 5.41) is 9.67. The summed E-state index contributed by atoms with van der Waals surface area (Å²) in [6.07, 6.45) is 9.68. The number of methoxy groups -OCH3 is 1. The van der Waals surface area contributed by atoms with E-state index < -0.39 is 5.60 Å². The first-order valence-electron chi connectivity index (χ1n) is 6.61. The van der Waals surface area contributed by atoms with E-state index >= 15 is 0 Å². The van der Waals surface area contributed by atoms with Gasteiger partial charge in [-0.05, 0) is 47.1 Å². The molecule has 0 spiro atoms. The minimum Gasteiger partial charge on any atom is -0.386 e. The van der Waals surface area contributed by atoms with Gasteiger partial charge < -0.3 is 9.84 Å². The van der Waals surface area contributed by atoms with Gasteiger partial charge in [-0.25, -0.2) is 0 Å². The lowest BCUT2D eigenvalue weighted by atomic mass is 10.1. The molecule has 0 radical (unpaired) electrons. The number of hydrogen-bond donors (Lipinski definition) is 1. The molecule has 0 aromatic heterocycles. The molecule has 0 aliphatic rings. The van der Waals surface area contributed by atoms with Crippen LogP contribution in [0.2, 0.25) is 0 Å². The highest BCUT2D eigenvalue weighted by molar-refractivity contribution is 5.27. The van der Waals surface area contributed by atoms with Crippen molar-refractivity contribution in [1.82, 2.24) is 0 Å². The van der Waals surface area contributed by atoms with Crippen LogP contribution >= 0.6 is 0 Å². The van der Waals surface area contributed by atoms with Gasteiger partial charge in [0.1, 0.15) is 0 Å². The maximum atomic E-state index is 9.67. The smallest absolute Gasteiger partial charge is 0.0964 e. The van der Waals surface area contributed by atoms with E-state index in [4.69, 9.17) is 4.74 Å². The van der Waals surface area contributed by atoms with Crippen LogP contribution in [-0.2, 0) is 4.74 Å². The summed E-state index contributed by atoms with van der Waals surface area (Å²) in [7, 11) is 1.67. The molecule has 1 atom stereocenters. The molecule has 0 heterocycles. The van der Waals surface area contributed by atoms with Gasteiger partial charge in [-0.2, -0.15) is 0 Å². The maximum Gasteiger partial charge on any atom is 0.0964 e. The van der Waals surface area contributed by atoms with Gasteiger partial charge in [0.15, 0.2) is 0 Å². The molecule has 108 valence electrons. The fraction of sp³-hybridized carbons (Fsp3) is 0.529. The van der Waals surface area contributed by atoms with Gasteiger partial charge in [0, 0.05) is 7.11 Å². The first kappa shape index (κ1) is 17.9. The summed E-state index contributed by atoms with van der Waals surface area (Å²) < 4.78 is 5.40. The fourth-order valence-corrected chi connectivity index (χ4v) is 1.34. The molecule has 0 aliphatic carbocycles. The monoisotopic (exact) mass is 264 g/mol. The first-order valence-corrected chi connectivity index (χ1v) is 6.61. The second-order valence-electron chi connectivity index (χ2n) is 5.62. The number of hydrogen-bond acceptors (Lipinski definition) is 2. The predicted molar refractivity (Wildman–Crippen MR) is 83.2 cm³/mol. The summed E-state index contributed by atoms with van der Waals surface area (Å²) in [6.45, 7) is 11.8. The Morgan fingerprint density at radius 2 is 1.74 bits per heavy atom. The van der Waals surface area contributed by atoms with Crippen molar-refractivity contribution < 1.29 is 9.84 Å². The summed E-state index contributed by atoms with van der Waals surface area (Å²) >= 11 is 0. The summed E-state index contributed by atoms with van der Waals surface area (Å²) in [4.78, 5) is 0. The van der Waals surface area contributed by atoms with Crippen LogP contribution < -0.4 is 0 Å². The van der Waals surface area contributed by atoms with Gasteiger partial charge in [0.25, 0.3) is 0 Å². The number of ether oxygens (including phenoxy) is 1. The van der Waals surface area contributed by atoms with Gasteiger partial charge in [0.05, 0.1) is 11.7 Å². The van der Waals surface area contributed by atoms with E-state index in [-0.39, 0.29) is 6.10 Å². The molecular formula is C17H28O2. The summed E-state index contributed by atoms with van der Waals surface area (Å²) in [5.41, 5.74) is 2.87. The minimum absolute atomic E-state index is 0.108. The molecule has 1 unspecified atom stereocenters. The van der Waals surface area contributed by atoms with Gasteiger partial charge in [-0.1, -0.05) is 41.5 Å². The van der Waals surface area contributed by atoms with Crippen LogP contribution in [0.15, 0.2) is 47.1 Å². The van der Waals surface area contributed by atoms with Crippen LogP contribution in [0.3, 0.4) is 0 Å². The van der Waals surface area contributed by atoms with E-state index in [0.717, 1.165) is 5.57 Å². The van der Waals surface area contributed by atoms with Gasteiger partial charge in [-0.3, -0.25) is 0 Å². The lowest BCUT2D eigenvalue weighted by molar-refractivity contribution is 0.128. The molecule has 2 nitrogen and oxygen atoms in total. The van der Waals surface area contributed by atoms with Crippen molar-refractivity contribution in [2.24, 2.45) is 0 Å². The van der Waals surface area contributed by atoms with E-state index in [2.05, 4.69) is 26.8 Å². The Kier molecular flexibility index (Phi) is 7.65. The van der Waals surface area contributed by atoms with Gasteiger partial charge in [-0.15, -0.1) is 0 Å². The molecule has 0 bridgehead atoms. The third-order valence-electron chi connectivity index (χ3n) is 2.88. The standard InChI is InChI=1S/C17H28O2/c1-13(2)14(3)9-8-10-15(4)16(19-7)11-12-17(5,6)18/h8-12,16,18H,1-7H3/b9-8+,12-11+,15-10+. The molecule has 0 saturated heterocycles. The van der Waals surface area contributed by atoms with Crippen LogP contribution in [0.1, 0.15) is 41.5 Å². The molecule has 0 fully saturated rings. The van der Waals surface area contributed by atoms with E-state index in [9.17, 15) is 5.11 Å². The Morgan fingerprint density at radius 3 is 2.16 bits per heavy atom. The normalized spacial score (nSPS) is 15.3. The molecule has 19 heavy (non-hydrogen) atoms. The fourth-order valence-electron chi connectivity index (χ4n) is 1.34. The van der Waals surface area contributed by atoms with Gasteiger partial charge >= 0.3 is 0 Å². The first-order chi connectivity index (χ1) is 8.67. The Morgan fingerprint density at radius 1 is 1.16 bits per heavy atom. The van der Waals surface area contributed by atoms with Crippen LogP contribution in [-0.4, -0.2) is 23.9 Å². The second-order valence-corrected chi connectivity index (χ2v) is 5.62. The zero-order chi connectivity index (χ0) is 15.1. The molecule has 2 heteroatoms. The third kappa shape index (κ3) is 8.57. The van der Waals surface area contributed by atoms with E-state index in [1.807, 2.05) is 25.2 Å². The van der Waals surface area contributed by atoms with Crippen molar-refractivity contribution >= 4 is 0 Å². The largest absolute Gasteiger partial charge is 0.386 e. The molecule has 1 N–H and O–H groups in total. The predicted octanol–water partition coefficient (Wildman–Crippen LogP) is 4.19. The van der Waals surface area contributed by atoms with Crippen LogP contribution in [0.5, 0.6) is 0 Å². The molecule has 0 rings (SSSR count). The average Bonchev–Trinajstić information content (AvgIpc) is 2.27. The highest BCUT2D eigenvalue weighted by atomic mass is 16.5. The quantitative estimate of drug-likeness (QED) is 0.576. The molecular weight excluding hydrogens is 236 g/mol. The SMILES string of the molecule is COC(/C=C/C(C)(C)O)/C(C)=C/C=C/C(C)=C(C)C. The van der Waals surface area contributed by atoms with E-state index in [1.54, 1.807) is 27.0 Å². The Labute approximate surface area is 118 Å². The van der Waals surface area contributed by atoms with Crippen molar-refractivity contribution in [3.05, 3.63) is 47.1 Å². The van der Waals surface area contributed by atoms with Crippen molar-refractivity contribution in [2.75, 3.05) is 7.11 Å². The number of aliphatic hydroxyl groups is 1. The average molecular weight is 264 g/mol. The zero-order valence-corrected chi connectivity index (χ0v) is 13.3. The third-order valence-corrected chi connectivity index (χ3v) is 2.88. The summed E-state index contributed by atoms with van der Waals surface area (Å²) in [5.74, 6) is 0. The number of allylic oxidation sites excluding steroid dienone is 5. The molecule has 0 aliphatic heterocycles. The Bertz CT molecular complexity index is 386. The van der Waals surface area contributed by atoms with Crippen molar-refractivity contribution in [1.29, 1.82) is 0 Å². The molecule has 0 aromatic carbocycles. The van der Waals surface area contributed by atoms with Crippen molar-refractivity contribution in [3.8, 4) is 0 Å². The second kappa shape index (κ2) is 8.13. The van der Waals surface area contributed by atoms with Crippen molar-refractivity contribution in [2.45, 2.75) is 53.2 Å². The highest BCUT2D eigenvalue weighted by Crippen LogP contribution is 2.12. The zero-order valence-electron chi connectivity index (χ0n) is 13.3. The molecule has 0 amide bonds. The van der Waals surface area contributed by atoms with E-state index in [1.165, 1.54) is 11.1 Å². The maximum absolute atomic E-state index is 9.67. The van der Waals surface area contributed by atoms with Crippen molar-refractivity contribution in [3.63, 3.8) is 0 Å². The van der Waals surface area contributed by atoms with Crippen LogP contribution in [0.25, 0.3) is 0 Å². The van der Waals surface area contributed by atoms with Gasteiger partial charge in [0.2, 0.25) is 0 Å². The topological polar surface area (TPSA) is 29.5 Å². The van der Waals surface area contributed by atoms with Crippen LogP contribution in [0, 0.1) is 0 Å². The summed E-state index contributed by atoms with van der Waals surface area (Å²) in [6, 6.07) is 0. The lowest BCUT2D eigenvalue weighted by Gasteiger charge is -2.15.